The summed E-state index contributed by atoms with van der Waals surface area (Å²) in [6.07, 6.45) is 5.01. The Kier molecular flexibility index (Phi) is 3.33. The molecule has 2 heterocycles. The number of benzene rings is 1. The summed E-state index contributed by atoms with van der Waals surface area (Å²) in [6, 6.07) is 7.27. The normalized spacial score (nSPS) is 16.0. The maximum absolute atomic E-state index is 12.3. The number of ether oxygens (including phenoxy) is 1. The van der Waals surface area contributed by atoms with Gasteiger partial charge in [-0.3, -0.25) is 0 Å². The molecule has 0 saturated heterocycles. The minimum atomic E-state index is -0.566. The van der Waals surface area contributed by atoms with Gasteiger partial charge in [0, 0.05) is 5.39 Å². The molecule has 1 saturated carbocycles. The van der Waals surface area contributed by atoms with Crippen LogP contribution in [0.3, 0.4) is 0 Å². The Labute approximate surface area is 131 Å². The van der Waals surface area contributed by atoms with Crippen LogP contribution in [0.25, 0.3) is 16.6 Å². The van der Waals surface area contributed by atoms with E-state index in [2.05, 4.69) is 15.1 Å². The van der Waals surface area contributed by atoms with Crippen LogP contribution in [0.15, 0.2) is 29.1 Å². The molecule has 0 atom stereocenters. The number of aromatic amines is 1. The number of esters is 1. The van der Waals surface area contributed by atoms with Crippen LogP contribution >= 0.6 is 0 Å². The molecular formula is C16H16N4O3. The Morgan fingerprint density at radius 3 is 2.83 bits per heavy atom. The van der Waals surface area contributed by atoms with Crippen molar-refractivity contribution in [3.63, 3.8) is 0 Å². The highest BCUT2D eigenvalue weighted by Gasteiger charge is 2.22. The van der Waals surface area contributed by atoms with Crippen LogP contribution < -0.4 is 5.69 Å². The summed E-state index contributed by atoms with van der Waals surface area (Å²) in [5.41, 5.74) is 0.590. The number of hydrogen-bond donors (Lipinski definition) is 1. The number of carbonyl (C=O) groups excluding carboxylic acids is 1. The first kappa shape index (κ1) is 13.9. The van der Waals surface area contributed by atoms with Gasteiger partial charge < -0.3 is 9.72 Å². The van der Waals surface area contributed by atoms with Crippen molar-refractivity contribution in [1.29, 1.82) is 0 Å². The summed E-state index contributed by atoms with van der Waals surface area (Å²) in [7, 11) is 0. The third-order valence-electron chi connectivity index (χ3n) is 4.22. The zero-order valence-electron chi connectivity index (χ0n) is 12.5. The molecule has 0 aliphatic heterocycles. The molecule has 2 aromatic heterocycles. The molecule has 1 aliphatic carbocycles. The molecule has 1 aliphatic rings. The van der Waals surface area contributed by atoms with E-state index in [4.69, 9.17) is 4.74 Å². The second-order valence-electron chi connectivity index (χ2n) is 5.81. The Balaban J connectivity index is 1.73. The van der Waals surface area contributed by atoms with Crippen molar-refractivity contribution in [1.82, 2.24) is 19.6 Å². The fourth-order valence-electron chi connectivity index (χ4n) is 3.06. The van der Waals surface area contributed by atoms with Crippen molar-refractivity contribution in [3.05, 3.63) is 40.6 Å². The quantitative estimate of drug-likeness (QED) is 0.732. The van der Waals surface area contributed by atoms with E-state index in [9.17, 15) is 9.59 Å². The van der Waals surface area contributed by atoms with Crippen molar-refractivity contribution in [2.45, 2.75) is 38.2 Å². The van der Waals surface area contributed by atoms with Gasteiger partial charge in [-0.05, 0) is 37.8 Å². The number of carbonyl (C=O) groups is 1. The number of H-pyrrole nitrogens is 1. The summed E-state index contributed by atoms with van der Waals surface area (Å²) in [6.45, 7) is 0. The third-order valence-corrected chi connectivity index (χ3v) is 4.22. The van der Waals surface area contributed by atoms with E-state index in [-0.39, 0.29) is 11.9 Å². The summed E-state index contributed by atoms with van der Waals surface area (Å²) < 4.78 is 6.58. The number of para-hydroxylation sites is 1. The Morgan fingerprint density at radius 1 is 1.22 bits per heavy atom. The molecule has 7 nitrogen and oxygen atoms in total. The van der Waals surface area contributed by atoms with E-state index in [1.165, 1.54) is 6.42 Å². The Bertz CT molecular complexity index is 937. The van der Waals surface area contributed by atoms with E-state index >= 15 is 0 Å². The van der Waals surface area contributed by atoms with Crippen LogP contribution in [0.4, 0.5) is 0 Å². The number of aromatic nitrogens is 4. The largest absolute Gasteiger partial charge is 0.456 e. The fraction of sp³-hybridized carbons (Fsp3) is 0.375. The van der Waals surface area contributed by atoms with Gasteiger partial charge >= 0.3 is 11.7 Å². The first-order chi connectivity index (χ1) is 11.2. The van der Waals surface area contributed by atoms with Gasteiger partial charge in [-0.1, -0.05) is 18.6 Å². The number of hydrogen-bond acceptors (Lipinski definition) is 5. The molecule has 0 radical (unpaired) electrons. The van der Waals surface area contributed by atoms with E-state index in [0.717, 1.165) is 35.6 Å². The summed E-state index contributed by atoms with van der Waals surface area (Å²) in [4.78, 5) is 31.3. The molecule has 0 unspecified atom stereocenters. The topological polar surface area (TPSA) is 89.3 Å². The zero-order valence-corrected chi connectivity index (χ0v) is 12.5. The van der Waals surface area contributed by atoms with Crippen molar-refractivity contribution in [2.75, 3.05) is 0 Å². The average Bonchev–Trinajstić information content (AvgIpc) is 3.02. The van der Waals surface area contributed by atoms with Gasteiger partial charge in [-0.25, -0.2) is 14.6 Å². The molecule has 1 fully saturated rings. The van der Waals surface area contributed by atoms with Gasteiger partial charge in [0.2, 0.25) is 0 Å². The second-order valence-corrected chi connectivity index (χ2v) is 5.81. The van der Waals surface area contributed by atoms with Crippen LogP contribution in [-0.4, -0.2) is 31.7 Å². The van der Waals surface area contributed by atoms with Crippen molar-refractivity contribution >= 4 is 22.5 Å². The minimum absolute atomic E-state index is 0.0714. The van der Waals surface area contributed by atoms with Crippen molar-refractivity contribution in [2.24, 2.45) is 0 Å². The highest BCUT2D eigenvalue weighted by Crippen LogP contribution is 2.21. The predicted octanol–water partition coefficient (Wildman–Crippen LogP) is 2.06. The van der Waals surface area contributed by atoms with E-state index < -0.39 is 11.7 Å². The number of rotatable bonds is 2. The van der Waals surface area contributed by atoms with Crippen molar-refractivity contribution < 1.29 is 9.53 Å². The van der Waals surface area contributed by atoms with E-state index in [1.54, 1.807) is 6.07 Å². The van der Waals surface area contributed by atoms with Crippen LogP contribution in [0, 0.1) is 0 Å². The maximum atomic E-state index is 12.3. The summed E-state index contributed by atoms with van der Waals surface area (Å²) in [5, 5.41) is 4.75. The van der Waals surface area contributed by atoms with Gasteiger partial charge in [-0.15, -0.1) is 5.10 Å². The molecule has 0 amide bonds. The standard InChI is InChI=1S/C16H16N4O3/c21-15(23-10-6-2-1-3-7-10)13-18-14-11-8-4-5-9-12(11)17-16(22)20(14)19-13/h4-5,8-10H,1-3,6-7H2,(H,17,22). The highest BCUT2D eigenvalue weighted by atomic mass is 16.5. The molecule has 0 bridgehead atoms. The molecule has 7 heteroatoms. The molecule has 4 rings (SSSR count). The zero-order chi connectivity index (χ0) is 15.8. The lowest BCUT2D eigenvalue weighted by Gasteiger charge is -2.20. The minimum Gasteiger partial charge on any atom is -0.456 e. The number of nitrogens with one attached hydrogen (secondary N) is 1. The van der Waals surface area contributed by atoms with Gasteiger partial charge in [0.25, 0.3) is 5.82 Å². The maximum Gasteiger partial charge on any atom is 0.378 e. The smallest absolute Gasteiger partial charge is 0.378 e. The first-order valence-corrected chi connectivity index (χ1v) is 7.81. The number of nitrogens with zero attached hydrogens (tertiary/aromatic N) is 3. The Hall–Kier alpha value is -2.70. The van der Waals surface area contributed by atoms with Crippen LogP contribution in [-0.2, 0) is 4.74 Å². The second kappa shape index (κ2) is 5.49. The lowest BCUT2D eigenvalue weighted by atomic mass is 9.98. The molecule has 1 aromatic carbocycles. The fourth-order valence-corrected chi connectivity index (χ4v) is 3.06. The van der Waals surface area contributed by atoms with Crippen LogP contribution in [0.1, 0.15) is 42.7 Å². The highest BCUT2D eigenvalue weighted by molar-refractivity contribution is 5.93. The average molecular weight is 312 g/mol. The van der Waals surface area contributed by atoms with Crippen LogP contribution in [0.2, 0.25) is 0 Å². The van der Waals surface area contributed by atoms with E-state index in [1.807, 2.05) is 18.2 Å². The lowest BCUT2D eigenvalue weighted by molar-refractivity contribution is 0.0197. The Morgan fingerprint density at radius 2 is 2.00 bits per heavy atom. The SMILES string of the molecule is O=C(OC1CCCCC1)c1nc2c3ccccc3[nH]c(=O)n2n1. The molecule has 23 heavy (non-hydrogen) atoms. The van der Waals surface area contributed by atoms with Gasteiger partial charge in [0.1, 0.15) is 6.10 Å². The predicted molar refractivity (Wildman–Crippen MR) is 83.4 cm³/mol. The third kappa shape index (κ3) is 2.48. The number of fused-ring (bicyclic) bond motifs is 3. The van der Waals surface area contributed by atoms with Gasteiger partial charge in [-0.2, -0.15) is 4.52 Å². The van der Waals surface area contributed by atoms with Gasteiger partial charge in [0.05, 0.1) is 5.52 Å². The summed E-state index contributed by atoms with van der Waals surface area (Å²) >= 11 is 0. The monoisotopic (exact) mass is 312 g/mol. The molecule has 118 valence electrons. The molecule has 1 N–H and O–H groups in total. The van der Waals surface area contributed by atoms with Crippen molar-refractivity contribution in [3.8, 4) is 0 Å². The van der Waals surface area contributed by atoms with E-state index in [0.29, 0.717) is 11.2 Å². The van der Waals surface area contributed by atoms with Gasteiger partial charge in [0.15, 0.2) is 5.65 Å². The molecular weight excluding hydrogens is 296 g/mol. The molecule has 3 aromatic rings. The lowest BCUT2D eigenvalue weighted by Crippen LogP contribution is -2.22. The molecule has 0 spiro atoms. The van der Waals surface area contributed by atoms with Crippen LogP contribution in [0.5, 0.6) is 0 Å². The summed E-state index contributed by atoms with van der Waals surface area (Å²) in [5.74, 6) is -0.637. The first-order valence-electron chi connectivity index (χ1n) is 7.81.